The lowest BCUT2D eigenvalue weighted by Crippen LogP contribution is -2.01. The third kappa shape index (κ3) is 2.48. The Balaban J connectivity index is 2.33. The van der Waals surface area contributed by atoms with Crippen LogP contribution in [0.5, 0.6) is 0 Å². The van der Waals surface area contributed by atoms with Crippen molar-refractivity contribution >= 4 is 0 Å². The molecule has 0 aliphatic heterocycles. The SMILES string of the molecule is CCc1ccc(C(C#N)c2ccncn2)cc1. The van der Waals surface area contributed by atoms with Crippen LogP contribution in [-0.4, -0.2) is 9.97 Å². The van der Waals surface area contributed by atoms with Gasteiger partial charge in [-0.2, -0.15) is 5.26 Å². The normalized spacial score (nSPS) is 11.8. The molecule has 1 aromatic heterocycles. The van der Waals surface area contributed by atoms with Gasteiger partial charge in [-0.1, -0.05) is 31.2 Å². The van der Waals surface area contributed by atoms with E-state index in [2.05, 4.69) is 35.1 Å². The minimum atomic E-state index is -0.316. The van der Waals surface area contributed by atoms with Crippen LogP contribution in [0.4, 0.5) is 0 Å². The van der Waals surface area contributed by atoms with Crippen LogP contribution in [0.15, 0.2) is 42.9 Å². The molecule has 0 spiro atoms. The smallest absolute Gasteiger partial charge is 0.115 e. The van der Waals surface area contributed by atoms with E-state index in [1.165, 1.54) is 11.9 Å². The van der Waals surface area contributed by atoms with Crippen LogP contribution in [0.2, 0.25) is 0 Å². The van der Waals surface area contributed by atoms with Crippen molar-refractivity contribution < 1.29 is 0 Å². The van der Waals surface area contributed by atoms with Crippen LogP contribution in [0.25, 0.3) is 0 Å². The molecule has 0 radical (unpaired) electrons. The molecule has 3 nitrogen and oxygen atoms in total. The van der Waals surface area contributed by atoms with Crippen LogP contribution < -0.4 is 0 Å². The van der Waals surface area contributed by atoms with E-state index >= 15 is 0 Å². The maximum atomic E-state index is 9.25. The predicted octanol–water partition coefficient (Wildman–Crippen LogP) is 2.69. The van der Waals surface area contributed by atoms with Crippen molar-refractivity contribution in [2.75, 3.05) is 0 Å². The van der Waals surface area contributed by atoms with Gasteiger partial charge in [0.2, 0.25) is 0 Å². The number of nitrogens with zero attached hydrogens (tertiary/aromatic N) is 3. The molecule has 84 valence electrons. The third-order valence-corrected chi connectivity index (χ3v) is 2.75. The molecule has 3 heteroatoms. The molecule has 0 amide bonds. The molecule has 0 bridgehead atoms. The topological polar surface area (TPSA) is 49.6 Å². The summed E-state index contributed by atoms with van der Waals surface area (Å²) in [7, 11) is 0. The zero-order valence-corrected chi connectivity index (χ0v) is 9.67. The van der Waals surface area contributed by atoms with Gasteiger partial charge in [-0.3, -0.25) is 0 Å². The summed E-state index contributed by atoms with van der Waals surface area (Å²) in [5.41, 5.74) is 2.99. The van der Waals surface area contributed by atoms with Crippen molar-refractivity contribution in [3.05, 3.63) is 59.7 Å². The Kier molecular flexibility index (Phi) is 3.46. The fourth-order valence-electron chi connectivity index (χ4n) is 1.73. The number of hydrogen-bond acceptors (Lipinski definition) is 3. The standard InChI is InChI=1S/C14H13N3/c1-2-11-3-5-12(6-4-11)13(9-15)14-7-8-16-10-17-14/h3-8,10,13H,2H2,1H3. The molecule has 2 aromatic rings. The highest BCUT2D eigenvalue weighted by Gasteiger charge is 2.14. The monoisotopic (exact) mass is 223 g/mol. The summed E-state index contributed by atoms with van der Waals surface area (Å²) < 4.78 is 0. The fourth-order valence-corrected chi connectivity index (χ4v) is 1.73. The second-order valence-corrected chi connectivity index (χ2v) is 3.79. The van der Waals surface area contributed by atoms with Gasteiger partial charge < -0.3 is 0 Å². The molecule has 1 heterocycles. The molecule has 0 saturated carbocycles. The van der Waals surface area contributed by atoms with E-state index < -0.39 is 0 Å². The number of rotatable bonds is 3. The number of aromatic nitrogens is 2. The molecular weight excluding hydrogens is 210 g/mol. The zero-order chi connectivity index (χ0) is 12.1. The molecule has 0 N–H and O–H groups in total. The van der Waals surface area contributed by atoms with Crippen molar-refractivity contribution in [3.63, 3.8) is 0 Å². The first-order valence-corrected chi connectivity index (χ1v) is 5.59. The molecule has 0 fully saturated rings. The quantitative estimate of drug-likeness (QED) is 0.803. The van der Waals surface area contributed by atoms with Gasteiger partial charge in [0.05, 0.1) is 11.8 Å². The number of aryl methyl sites for hydroxylation is 1. The van der Waals surface area contributed by atoms with E-state index in [0.717, 1.165) is 17.7 Å². The van der Waals surface area contributed by atoms with E-state index in [-0.39, 0.29) is 5.92 Å². The highest BCUT2D eigenvalue weighted by atomic mass is 14.8. The van der Waals surface area contributed by atoms with Gasteiger partial charge in [-0.05, 0) is 23.6 Å². The van der Waals surface area contributed by atoms with Crippen LogP contribution in [0.1, 0.15) is 29.7 Å². The second-order valence-electron chi connectivity index (χ2n) is 3.79. The van der Waals surface area contributed by atoms with Crippen LogP contribution in [0, 0.1) is 11.3 Å². The first-order valence-electron chi connectivity index (χ1n) is 5.59. The summed E-state index contributed by atoms with van der Waals surface area (Å²) >= 11 is 0. The van der Waals surface area contributed by atoms with E-state index in [4.69, 9.17) is 0 Å². The van der Waals surface area contributed by atoms with Gasteiger partial charge in [0.25, 0.3) is 0 Å². The second kappa shape index (κ2) is 5.22. The molecule has 1 aromatic carbocycles. The van der Waals surface area contributed by atoms with Gasteiger partial charge in [-0.15, -0.1) is 0 Å². The van der Waals surface area contributed by atoms with Crippen molar-refractivity contribution in [3.8, 4) is 6.07 Å². The largest absolute Gasteiger partial charge is 0.245 e. The maximum Gasteiger partial charge on any atom is 0.115 e. The number of nitriles is 1. The Morgan fingerprint density at radius 2 is 2.00 bits per heavy atom. The highest BCUT2D eigenvalue weighted by Crippen LogP contribution is 2.22. The summed E-state index contributed by atoms with van der Waals surface area (Å²) in [5, 5.41) is 9.25. The van der Waals surface area contributed by atoms with Gasteiger partial charge in [0.1, 0.15) is 12.2 Å². The summed E-state index contributed by atoms with van der Waals surface area (Å²) in [6.45, 7) is 2.11. The molecule has 1 unspecified atom stereocenters. The Morgan fingerprint density at radius 3 is 2.53 bits per heavy atom. The summed E-state index contributed by atoms with van der Waals surface area (Å²) in [6, 6.07) is 12.2. The van der Waals surface area contributed by atoms with Crippen molar-refractivity contribution in [2.24, 2.45) is 0 Å². The van der Waals surface area contributed by atoms with Crippen molar-refractivity contribution in [2.45, 2.75) is 19.3 Å². The van der Waals surface area contributed by atoms with Crippen molar-refractivity contribution in [1.29, 1.82) is 5.26 Å². The Bertz CT molecular complexity index is 511. The summed E-state index contributed by atoms with van der Waals surface area (Å²) in [4.78, 5) is 8.00. The van der Waals surface area contributed by atoms with Crippen LogP contribution in [-0.2, 0) is 6.42 Å². The van der Waals surface area contributed by atoms with Gasteiger partial charge in [0, 0.05) is 6.20 Å². The molecule has 0 saturated heterocycles. The molecule has 0 aliphatic rings. The van der Waals surface area contributed by atoms with E-state index in [1.807, 2.05) is 12.1 Å². The van der Waals surface area contributed by atoms with Gasteiger partial charge in [-0.25, -0.2) is 9.97 Å². The zero-order valence-electron chi connectivity index (χ0n) is 9.67. The molecule has 17 heavy (non-hydrogen) atoms. The highest BCUT2D eigenvalue weighted by molar-refractivity contribution is 5.35. The van der Waals surface area contributed by atoms with Crippen LogP contribution >= 0.6 is 0 Å². The van der Waals surface area contributed by atoms with Crippen LogP contribution in [0.3, 0.4) is 0 Å². The summed E-state index contributed by atoms with van der Waals surface area (Å²) in [6.07, 6.45) is 4.14. The molecule has 0 aliphatic carbocycles. The molecule has 2 rings (SSSR count). The predicted molar refractivity (Wildman–Crippen MR) is 65.3 cm³/mol. The Labute approximate surface area is 101 Å². The Hall–Kier alpha value is -2.21. The lowest BCUT2D eigenvalue weighted by molar-refractivity contribution is 0.941. The molecular formula is C14H13N3. The third-order valence-electron chi connectivity index (χ3n) is 2.75. The number of hydrogen-bond donors (Lipinski definition) is 0. The lowest BCUT2D eigenvalue weighted by Gasteiger charge is -2.08. The summed E-state index contributed by atoms with van der Waals surface area (Å²) in [5.74, 6) is -0.316. The Morgan fingerprint density at radius 1 is 1.24 bits per heavy atom. The average Bonchev–Trinajstić information content (AvgIpc) is 2.42. The maximum absolute atomic E-state index is 9.25. The number of benzene rings is 1. The molecule has 1 atom stereocenters. The van der Waals surface area contributed by atoms with Gasteiger partial charge >= 0.3 is 0 Å². The minimum Gasteiger partial charge on any atom is -0.245 e. The van der Waals surface area contributed by atoms with E-state index in [9.17, 15) is 5.26 Å². The average molecular weight is 223 g/mol. The first kappa shape index (κ1) is 11.3. The minimum absolute atomic E-state index is 0.316. The fraction of sp³-hybridized carbons (Fsp3) is 0.214. The van der Waals surface area contributed by atoms with Crippen molar-refractivity contribution in [1.82, 2.24) is 9.97 Å². The lowest BCUT2D eigenvalue weighted by atomic mass is 9.96. The van der Waals surface area contributed by atoms with E-state index in [1.54, 1.807) is 12.3 Å². The van der Waals surface area contributed by atoms with E-state index in [0.29, 0.717) is 0 Å². The first-order chi connectivity index (χ1) is 8.35. The van der Waals surface area contributed by atoms with Gasteiger partial charge in [0.15, 0.2) is 0 Å².